The number of hydrogen-bond donors (Lipinski definition) is 1. The number of benzene rings is 1. The first-order chi connectivity index (χ1) is 11.8. The summed E-state index contributed by atoms with van der Waals surface area (Å²) < 4.78 is 0. The Kier molecular flexibility index (Phi) is 4.12. The molecule has 0 radical (unpaired) electrons. The van der Waals surface area contributed by atoms with Crippen LogP contribution in [0.3, 0.4) is 0 Å². The predicted octanol–water partition coefficient (Wildman–Crippen LogP) is 2.12. The summed E-state index contributed by atoms with van der Waals surface area (Å²) in [4.78, 5) is 42.9. The second kappa shape index (κ2) is 6.12. The Labute approximate surface area is 145 Å². The van der Waals surface area contributed by atoms with Crippen LogP contribution in [0.5, 0.6) is 0 Å². The van der Waals surface area contributed by atoms with Gasteiger partial charge in [0.1, 0.15) is 6.04 Å². The number of imide groups is 1. The maximum absolute atomic E-state index is 12.7. The van der Waals surface area contributed by atoms with Crippen molar-refractivity contribution < 1.29 is 14.4 Å². The standard InChI is InChI=1S/C19H19N3O3/c1-12(16(23)21-19(2,3)15-10-6-7-11-20-15)22-17(24)13-8-4-5-9-14(13)18(22)25/h4-12H,1-3H3,(H,21,23). The van der Waals surface area contributed by atoms with Crippen LogP contribution in [0.15, 0.2) is 48.7 Å². The summed E-state index contributed by atoms with van der Waals surface area (Å²) in [5.74, 6) is -1.30. The molecule has 3 amide bonds. The van der Waals surface area contributed by atoms with E-state index in [1.54, 1.807) is 43.5 Å². The third kappa shape index (κ3) is 2.91. The van der Waals surface area contributed by atoms with Gasteiger partial charge in [0.15, 0.2) is 0 Å². The highest BCUT2D eigenvalue weighted by molar-refractivity contribution is 6.22. The van der Waals surface area contributed by atoms with Crippen molar-refractivity contribution in [1.29, 1.82) is 0 Å². The topological polar surface area (TPSA) is 79.4 Å². The zero-order chi connectivity index (χ0) is 18.2. The number of nitrogens with zero attached hydrogens (tertiary/aromatic N) is 2. The molecule has 0 saturated carbocycles. The first kappa shape index (κ1) is 16.8. The summed E-state index contributed by atoms with van der Waals surface area (Å²) in [5, 5.41) is 2.87. The molecular weight excluding hydrogens is 318 g/mol. The van der Waals surface area contributed by atoms with E-state index in [9.17, 15) is 14.4 Å². The van der Waals surface area contributed by atoms with E-state index in [-0.39, 0.29) is 0 Å². The summed E-state index contributed by atoms with van der Waals surface area (Å²) in [6.45, 7) is 5.19. The van der Waals surface area contributed by atoms with E-state index in [4.69, 9.17) is 0 Å². The van der Waals surface area contributed by atoms with Gasteiger partial charge in [-0.1, -0.05) is 18.2 Å². The normalized spacial score (nSPS) is 15.1. The lowest BCUT2D eigenvalue weighted by Crippen LogP contribution is -2.52. The van der Waals surface area contributed by atoms with Gasteiger partial charge in [0.2, 0.25) is 5.91 Å². The minimum absolute atomic E-state index is 0.330. The zero-order valence-corrected chi connectivity index (χ0v) is 14.3. The molecule has 2 aromatic rings. The smallest absolute Gasteiger partial charge is 0.262 e. The fourth-order valence-corrected chi connectivity index (χ4v) is 2.89. The van der Waals surface area contributed by atoms with E-state index in [0.29, 0.717) is 16.8 Å². The number of carbonyl (C=O) groups is 3. The molecule has 1 unspecified atom stereocenters. The molecule has 1 aromatic carbocycles. The Bertz CT molecular complexity index is 811. The van der Waals surface area contributed by atoms with Crippen LogP contribution >= 0.6 is 0 Å². The molecule has 0 bridgehead atoms. The third-order valence-corrected chi connectivity index (χ3v) is 4.33. The molecule has 1 aliphatic rings. The maximum atomic E-state index is 12.7. The molecular formula is C19H19N3O3. The monoisotopic (exact) mass is 337 g/mol. The molecule has 1 aromatic heterocycles. The van der Waals surface area contributed by atoms with Crippen molar-refractivity contribution in [3.8, 4) is 0 Å². The number of fused-ring (bicyclic) bond motifs is 1. The summed E-state index contributed by atoms with van der Waals surface area (Å²) in [7, 11) is 0. The van der Waals surface area contributed by atoms with Crippen LogP contribution in [0, 0.1) is 0 Å². The van der Waals surface area contributed by atoms with Gasteiger partial charge in [-0.3, -0.25) is 24.3 Å². The maximum Gasteiger partial charge on any atom is 0.262 e. The molecule has 6 heteroatoms. The molecule has 0 aliphatic carbocycles. The van der Waals surface area contributed by atoms with Gasteiger partial charge in [-0.2, -0.15) is 0 Å². The largest absolute Gasteiger partial charge is 0.344 e. The second-order valence-electron chi connectivity index (χ2n) is 6.53. The van der Waals surface area contributed by atoms with Gasteiger partial charge in [-0.25, -0.2) is 0 Å². The Balaban J connectivity index is 1.80. The quantitative estimate of drug-likeness (QED) is 0.867. The highest BCUT2D eigenvalue weighted by Crippen LogP contribution is 2.25. The molecule has 1 atom stereocenters. The minimum atomic E-state index is -0.921. The average molecular weight is 337 g/mol. The number of carbonyl (C=O) groups excluding carboxylic acids is 3. The Morgan fingerprint density at radius 2 is 1.60 bits per heavy atom. The van der Waals surface area contributed by atoms with Gasteiger partial charge in [-0.05, 0) is 45.0 Å². The number of amides is 3. The zero-order valence-electron chi connectivity index (χ0n) is 14.3. The SMILES string of the molecule is CC(C(=O)NC(C)(C)c1ccccn1)N1C(=O)c2ccccc2C1=O. The van der Waals surface area contributed by atoms with Gasteiger partial charge in [0, 0.05) is 6.20 Å². The van der Waals surface area contributed by atoms with Crippen molar-refractivity contribution in [2.45, 2.75) is 32.4 Å². The van der Waals surface area contributed by atoms with Gasteiger partial charge >= 0.3 is 0 Å². The lowest BCUT2D eigenvalue weighted by molar-refractivity contribution is -0.126. The van der Waals surface area contributed by atoms with Crippen molar-refractivity contribution in [2.24, 2.45) is 0 Å². The summed E-state index contributed by atoms with van der Waals surface area (Å²) in [6, 6.07) is 11.1. The fraction of sp³-hybridized carbons (Fsp3) is 0.263. The Morgan fingerprint density at radius 3 is 2.12 bits per heavy atom. The molecule has 1 aliphatic heterocycles. The molecule has 0 fully saturated rings. The van der Waals surface area contributed by atoms with E-state index in [1.807, 2.05) is 26.0 Å². The second-order valence-corrected chi connectivity index (χ2v) is 6.53. The third-order valence-electron chi connectivity index (χ3n) is 4.33. The molecule has 25 heavy (non-hydrogen) atoms. The van der Waals surface area contributed by atoms with Crippen molar-refractivity contribution >= 4 is 17.7 Å². The van der Waals surface area contributed by atoms with Crippen LogP contribution in [0.4, 0.5) is 0 Å². The lowest BCUT2D eigenvalue weighted by Gasteiger charge is -2.29. The number of hydrogen-bond acceptors (Lipinski definition) is 4. The highest BCUT2D eigenvalue weighted by atomic mass is 16.2. The highest BCUT2D eigenvalue weighted by Gasteiger charge is 2.41. The molecule has 1 N–H and O–H groups in total. The van der Waals surface area contributed by atoms with E-state index < -0.39 is 29.3 Å². The average Bonchev–Trinajstić information content (AvgIpc) is 2.86. The van der Waals surface area contributed by atoms with Crippen LogP contribution in [0.1, 0.15) is 47.2 Å². The number of rotatable bonds is 4. The molecule has 128 valence electrons. The summed E-state index contributed by atoms with van der Waals surface area (Å²) in [5.41, 5.74) is 0.621. The minimum Gasteiger partial charge on any atom is -0.344 e. The van der Waals surface area contributed by atoms with Crippen molar-refractivity contribution in [3.05, 3.63) is 65.5 Å². The van der Waals surface area contributed by atoms with Gasteiger partial charge < -0.3 is 5.32 Å². The van der Waals surface area contributed by atoms with E-state index in [0.717, 1.165) is 4.90 Å². The van der Waals surface area contributed by atoms with E-state index in [2.05, 4.69) is 10.3 Å². The Hall–Kier alpha value is -3.02. The number of aromatic nitrogens is 1. The number of pyridine rings is 1. The first-order valence-electron chi connectivity index (χ1n) is 8.03. The van der Waals surface area contributed by atoms with Crippen molar-refractivity contribution in [2.75, 3.05) is 0 Å². The molecule has 2 heterocycles. The lowest BCUT2D eigenvalue weighted by atomic mass is 9.99. The first-order valence-corrected chi connectivity index (χ1v) is 8.03. The summed E-state index contributed by atoms with van der Waals surface area (Å²) >= 11 is 0. The number of nitrogens with one attached hydrogen (secondary N) is 1. The molecule has 0 saturated heterocycles. The van der Waals surface area contributed by atoms with Crippen molar-refractivity contribution in [3.63, 3.8) is 0 Å². The van der Waals surface area contributed by atoms with Crippen LogP contribution < -0.4 is 5.32 Å². The van der Waals surface area contributed by atoms with Gasteiger partial charge in [0.25, 0.3) is 11.8 Å². The molecule has 0 spiro atoms. The predicted molar refractivity (Wildman–Crippen MR) is 91.8 cm³/mol. The van der Waals surface area contributed by atoms with Crippen LogP contribution in [-0.4, -0.2) is 33.6 Å². The van der Waals surface area contributed by atoms with Crippen molar-refractivity contribution in [1.82, 2.24) is 15.2 Å². The van der Waals surface area contributed by atoms with E-state index >= 15 is 0 Å². The van der Waals surface area contributed by atoms with Crippen LogP contribution in [-0.2, 0) is 10.3 Å². The Morgan fingerprint density at radius 1 is 1.04 bits per heavy atom. The van der Waals surface area contributed by atoms with Crippen LogP contribution in [0.2, 0.25) is 0 Å². The fourth-order valence-electron chi connectivity index (χ4n) is 2.89. The van der Waals surface area contributed by atoms with Crippen LogP contribution in [0.25, 0.3) is 0 Å². The molecule has 3 rings (SSSR count). The summed E-state index contributed by atoms with van der Waals surface area (Å²) in [6.07, 6.45) is 1.65. The molecule has 6 nitrogen and oxygen atoms in total. The van der Waals surface area contributed by atoms with Gasteiger partial charge in [0.05, 0.1) is 22.4 Å². The van der Waals surface area contributed by atoms with E-state index in [1.165, 1.54) is 0 Å². The van der Waals surface area contributed by atoms with Gasteiger partial charge in [-0.15, -0.1) is 0 Å².